The van der Waals surface area contributed by atoms with E-state index in [1.807, 2.05) is 0 Å². The fourth-order valence-electron chi connectivity index (χ4n) is 2.11. The van der Waals surface area contributed by atoms with Gasteiger partial charge < -0.3 is 10.4 Å². The lowest BCUT2D eigenvalue weighted by atomic mass is 10.1. The lowest BCUT2D eigenvalue weighted by molar-refractivity contribution is -0.140. The Morgan fingerprint density at radius 2 is 1.43 bits per heavy atom. The summed E-state index contributed by atoms with van der Waals surface area (Å²) in [7, 11) is 0. The highest BCUT2D eigenvalue weighted by molar-refractivity contribution is 5.28. The van der Waals surface area contributed by atoms with Crippen LogP contribution in [-0.4, -0.2) is 5.11 Å². The highest BCUT2D eigenvalue weighted by Gasteiger charge is 2.34. The van der Waals surface area contributed by atoms with Gasteiger partial charge in [-0.15, -0.1) is 0 Å². The van der Waals surface area contributed by atoms with Crippen molar-refractivity contribution in [3.8, 4) is 0 Å². The van der Waals surface area contributed by atoms with E-state index in [1.165, 1.54) is 24.3 Å². The van der Waals surface area contributed by atoms with Crippen LogP contribution in [0.2, 0.25) is 0 Å². The number of hydrogen-bond donors (Lipinski definition) is 2. The van der Waals surface area contributed by atoms with E-state index < -0.39 is 30.0 Å². The number of aliphatic hydroxyl groups excluding tert-OH is 1. The zero-order valence-electron chi connectivity index (χ0n) is 11.9. The van der Waals surface area contributed by atoms with Gasteiger partial charge in [0.25, 0.3) is 0 Å². The Balaban J connectivity index is 2.02. The highest BCUT2D eigenvalue weighted by Crippen LogP contribution is 2.31. The predicted octanol–water partition coefficient (Wildman–Crippen LogP) is 3.77. The third kappa shape index (κ3) is 4.49. The quantitative estimate of drug-likeness (QED) is 0.818. The summed E-state index contributed by atoms with van der Waals surface area (Å²) < 4.78 is 64.3. The van der Waals surface area contributed by atoms with Crippen LogP contribution in [0.3, 0.4) is 0 Å². The molecule has 2 aromatic rings. The fourth-order valence-corrected chi connectivity index (χ4v) is 2.11. The molecule has 23 heavy (non-hydrogen) atoms. The van der Waals surface area contributed by atoms with E-state index >= 15 is 0 Å². The molecule has 2 nitrogen and oxygen atoms in total. The summed E-state index contributed by atoms with van der Waals surface area (Å²) in [5.74, 6) is -1.84. The van der Waals surface area contributed by atoms with Crippen LogP contribution >= 0.6 is 0 Å². The van der Waals surface area contributed by atoms with Crippen LogP contribution in [-0.2, 0) is 25.9 Å². The Labute approximate surface area is 129 Å². The average Bonchev–Trinajstić information content (AvgIpc) is 2.49. The van der Waals surface area contributed by atoms with Crippen LogP contribution in [0.4, 0.5) is 22.0 Å². The van der Waals surface area contributed by atoms with Gasteiger partial charge in [0.2, 0.25) is 0 Å². The number of halogens is 5. The number of rotatable bonds is 5. The molecule has 124 valence electrons. The maximum atomic E-state index is 13.2. The molecule has 0 saturated carbocycles. The molecule has 7 heteroatoms. The van der Waals surface area contributed by atoms with Gasteiger partial charge in [-0.05, 0) is 35.4 Å². The van der Waals surface area contributed by atoms with Crippen molar-refractivity contribution in [3.05, 3.63) is 70.3 Å². The normalized spacial score (nSPS) is 11.7. The molecule has 0 bridgehead atoms. The van der Waals surface area contributed by atoms with Gasteiger partial charge in [0, 0.05) is 18.7 Å². The number of aliphatic hydroxyl groups is 1. The first-order valence-corrected chi connectivity index (χ1v) is 6.75. The Morgan fingerprint density at radius 3 is 2.00 bits per heavy atom. The molecule has 0 spiro atoms. The maximum absolute atomic E-state index is 13.2. The van der Waals surface area contributed by atoms with Crippen molar-refractivity contribution >= 4 is 0 Å². The van der Waals surface area contributed by atoms with E-state index in [-0.39, 0.29) is 24.2 Å². The summed E-state index contributed by atoms with van der Waals surface area (Å²) in [6.07, 6.45) is -4.74. The van der Waals surface area contributed by atoms with Crippen molar-refractivity contribution in [2.24, 2.45) is 0 Å². The smallest absolute Gasteiger partial charge is 0.392 e. The largest absolute Gasteiger partial charge is 0.419 e. The first-order chi connectivity index (χ1) is 10.8. The number of alkyl halides is 3. The third-order valence-corrected chi connectivity index (χ3v) is 3.27. The van der Waals surface area contributed by atoms with Gasteiger partial charge in [-0.25, -0.2) is 8.78 Å². The van der Waals surface area contributed by atoms with Crippen molar-refractivity contribution < 1.29 is 27.1 Å². The van der Waals surface area contributed by atoms with E-state index in [1.54, 1.807) is 0 Å². The molecule has 0 saturated heterocycles. The number of benzene rings is 2. The lowest BCUT2D eigenvalue weighted by Crippen LogP contribution is -2.15. The molecule has 0 aromatic heterocycles. The molecule has 0 atom stereocenters. The van der Waals surface area contributed by atoms with Gasteiger partial charge in [0.15, 0.2) is 0 Å². The van der Waals surface area contributed by atoms with Crippen LogP contribution in [0.15, 0.2) is 36.4 Å². The molecule has 0 aliphatic rings. The van der Waals surface area contributed by atoms with Gasteiger partial charge >= 0.3 is 6.18 Å². The van der Waals surface area contributed by atoms with E-state index in [0.29, 0.717) is 5.56 Å². The minimum atomic E-state index is -4.74. The predicted molar refractivity (Wildman–Crippen MR) is 74.3 cm³/mol. The van der Waals surface area contributed by atoms with Crippen molar-refractivity contribution in [2.45, 2.75) is 25.9 Å². The molecule has 0 radical (unpaired) electrons. The molecule has 0 heterocycles. The van der Waals surface area contributed by atoms with Crippen molar-refractivity contribution in [1.29, 1.82) is 0 Å². The first kappa shape index (κ1) is 17.4. The van der Waals surface area contributed by atoms with E-state index in [0.717, 1.165) is 12.1 Å². The van der Waals surface area contributed by atoms with Crippen molar-refractivity contribution in [3.63, 3.8) is 0 Å². The monoisotopic (exact) mass is 331 g/mol. The molecule has 0 unspecified atom stereocenters. The summed E-state index contributed by atoms with van der Waals surface area (Å²) in [6, 6.07) is 6.98. The molecule has 0 fully saturated rings. The van der Waals surface area contributed by atoms with Gasteiger partial charge in [-0.3, -0.25) is 0 Å². The van der Waals surface area contributed by atoms with Gasteiger partial charge in [0.05, 0.1) is 12.2 Å². The molecule has 2 N–H and O–H groups in total. The van der Waals surface area contributed by atoms with Gasteiger partial charge in [0.1, 0.15) is 11.6 Å². The summed E-state index contributed by atoms with van der Waals surface area (Å²) in [6.45, 7) is -0.0756. The molecule has 0 aliphatic carbocycles. The summed E-state index contributed by atoms with van der Waals surface area (Å²) in [5.41, 5.74) is -0.205. The first-order valence-electron chi connectivity index (χ1n) is 6.75. The summed E-state index contributed by atoms with van der Waals surface area (Å²) in [5, 5.41) is 11.9. The topological polar surface area (TPSA) is 32.3 Å². The molecule has 0 aliphatic heterocycles. The Morgan fingerprint density at radius 1 is 0.870 bits per heavy atom. The summed E-state index contributed by atoms with van der Waals surface area (Å²) >= 11 is 0. The lowest BCUT2D eigenvalue weighted by Gasteiger charge is -2.11. The minimum Gasteiger partial charge on any atom is -0.392 e. The number of hydrogen-bond acceptors (Lipinski definition) is 2. The maximum Gasteiger partial charge on any atom is 0.419 e. The molecule has 2 aromatic carbocycles. The Bertz CT molecular complexity index is 685. The van der Waals surface area contributed by atoms with Crippen LogP contribution in [0.5, 0.6) is 0 Å². The standard InChI is InChI=1S/C16H14F5NO/c17-14-3-1-10(5-12(14)9-23)7-22-8-11-2-4-15(18)13(6-11)16(19,20)21/h1-6,22-23H,7-9H2. The van der Waals surface area contributed by atoms with E-state index in [9.17, 15) is 22.0 Å². The molecule has 0 amide bonds. The SMILES string of the molecule is OCc1cc(CNCc2ccc(F)c(C(F)(F)F)c2)ccc1F. The van der Waals surface area contributed by atoms with Crippen LogP contribution in [0.1, 0.15) is 22.3 Å². The number of nitrogens with one attached hydrogen (secondary N) is 1. The van der Waals surface area contributed by atoms with Crippen LogP contribution in [0.25, 0.3) is 0 Å². The zero-order chi connectivity index (χ0) is 17.0. The molecular formula is C16H14F5NO. The van der Waals surface area contributed by atoms with E-state index in [4.69, 9.17) is 5.11 Å². The zero-order valence-corrected chi connectivity index (χ0v) is 11.9. The third-order valence-electron chi connectivity index (χ3n) is 3.27. The Kier molecular flexibility index (Phi) is 5.33. The van der Waals surface area contributed by atoms with E-state index in [2.05, 4.69) is 5.32 Å². The second-order valence-electron chi connectivity index (χ2n) is 5.00. The molecule has 2 rings (SSSR count). The Hall–Kier alpha value is -1.99. The van der Waals surface area contributed by atoms with Crippen molar-refractivity contribution in [2.75, 3.05) is 0 Å². The highest BCUT2D eigenvalue weighted by atomic mass is 19.4. The molecular weight excluding hydrogens is 317 g/mol. The fraction of sp³-hybridized carbons (Fsp3) is 0.250. The summed E-state index contributed by atoms with van der Waals surface area (Å²) in [4.78, 5) is 0. The minimum absolute atomic E-state index is 0.0925. The second kappa shape index (κ2) is 7.06. The van der Waals surface area contributed by atoms with Gasteiger partial charge in [-0.2, -0.15) is 13.2 Å². The average molecular weight is 331 g/mol. The van der Waals surface area contributed by atoms with Crippen LogP contribution in [0, 0.1) is 11.6 Å². The van der Waals surface area contributed by atoms with Gasteiger partial charge in [-0.1, -0.05) is 12.1 Å². The van der Waals surface area contributed by atoms with Crippen LogP contribution < -0.4 is 5.32 Å². The van der Waals surface area contributed by atoms with Crippen molar-refractivity contribution in [1.82, 2.24) is 5.32 Å². The second-order valence-corrected chi connectivity index (χ2v) is 5.00.